The SMILES string of the molecule is CCC(NC(=O)CCn1cnc2scc(-c3ccc(C)cc3)c2c1=O)c1ccc(OC)cc1. The summed E-state index contributed by atoms with van der Waals surface area (Å²) in [5.41, 5.74) is 3.95. The van der Waals surface area contributed by atoms with Gasteiger partial charge in [-0.05, 0) is 36.6 Å². The third-order valence-electron chi connectivity index (χ3n) is 5.76. The molecule has 0 spiro atoms. The third kappa shape index (κ3) is 4.98. The van der Waals surface area contributed by atoms with Crippen LogP contribution in [0.5, 0.6) is 5.75 Å². The summed E-state index contributed by atoms with van der Waals surface area (Å²) in [4.78, 5) is 31.0. The number of nitrogens with zero attached hydrogens (tertiary/aromatic N) is 2. The maximum atomic E-state index is 13.2. The van der Waals surface area contributed by atoms with Crippen molar-refractivity contribution < 1.29 is 9.53 Å². The van der Waals surface area contributed by atoms with Crippen molar-refractivity contribution in [2.45, 2.75) is 39.3 Å². The number of ether oxygens (including phenoxy) is 1. The zero-order valence-electron chi connectivity index (χ0n) is 19.0. The largest absolute Gasteiger partial charge is 0.497 e. The first-order valence-electron chi connectivity index (χ1n) is 11.0. The Morgan fingerprint density at radius 3 is 2.55 bits per heavy atom. The number of benzene rings is 2. The molecule has 0 saturated carbocycles. The first-order valence-corrected chi connectivity index (χ1v) is 11.8. The Balaban J connectivity index is 1.49. The first kappa shape index (κ1) is 22.7. The minimum atomic E-state index is -0.119. The first-order chi connectivity index (χ1) is 16.0. The molecule has 4 aromatic rings. The second kappa shape index (κ2) is 10.0. The van der Waals surface area contributed by atoms with Crippen molar-refractivity contribution >= 4 is 27.5 Å². The molecule has 1 atom stereocenters. The van der Waals surface area contributed by atoms with Crippen molar-refractivity contribution in [3.63, 3.8) is 0 Å². The van der Waals surface area contributed by atoms with Gasteiger partial charge < -0.3 is 10.1 Å². The number of thiophene rings is 1. The van der Waals surface area contributed by atoms with Gasteiger partial charge in [0.1, 0.15) is 10.6 Å². The van der Waals surface area contributed by atoms with Gasteiger partial charge >= 0.3 is 0 Å². The number of aromatic nitrogens is 2. The highest BCUT2D eigenvalue weighted by Crippen LogP contribution is 2.30. The van der Waals surface area contributed by atoms with Gasteiger partial charge in [0.05, 0.1) is 24.9 Å². The number of carbonyl (C=O) groups excluding carboxylic acids is 1. The van der Waals surface area contributed by atoms with Gasteiger partial charge in [0.15, 0.2) is 0 Å². The van der Waals surface area contributed by atoms with Gasteiger partial charge in [0.25, 0.3) is 5.56 Å². The van der Waals surface area contributed by atoms with Crippen LogP contribution in [0.3, 0.4) is 0 Å². The van der Waals surface area contributed by atoms with Crippen LogP contribution >= 0.6 is 11.3 Å². The number of carbonyl (C=O) groups is 1. The molecule has 6 nitrogen and oxygen atoms in total. The van der Waals surface area contributed by atoms with E-state index in [0.717, 1.165) is 28.9 Å². The molecule has 0 aliphatic carbocycles. The van der Waals surface area contributed by atoms with Gasteiger partial charge in [0, 0.05) is 23.9 Å². The zero-order valence-corrected chi connectivity index (χ0v) is 19.8. The molecule has 2 aromatic heterocycles. The number of fused-ring (bicyclic) bond motifs is 1. The molecule has 0 radical (unpaired) electrons. The highest BCUT2D eigenvalue weighted by atomic mass is 32.1. The summed E-state index contributed by atoms with van der Waals surface area (Å²) in [6.45, 7) is 4.34. The average molecular weight is 462 g/mol. The fourth-order valence-electron chi connectivity index (χ4n) is 3.82. The predicted octanol–water partition coefficient (Wildman–Crippen LogP) is 5.10. The predicted molar refractivity (Wildman–Crippen MR) is 133 cm³/mol. The molecule has 170 valence electrons. The molecular weight excluding hydrogens is 434 g/mol. The van der Waals surface area contributed by atoms with Crippen molar-refractivity contribution in [2.75, 3.05) is 7.11 Å². The standard InChI is InChI=1S/C26H27N3O3S/c1-4-22(19-9-11-20(32-3)12-10-19)28-23(30)13-14-29-16-27-25-24(26(29)31)21(15-33-25)18-7-5-17(2)6-8-18/h5-12,15-16,22H,4,13-14H2,1-3H3,(H,28,30). The van der Waals surface area contributed by atoms with E-state index < -0.39 is 0 Å². The summed E-state index contributed by atoms with van der Waals surface area (Å²) in [6.07, 6.45) is 2.50. The molecule has 1 amide bonds. The quantitative estimate of drug-likeness (QED) is 0.396. The van der Waals surface area contributed by atoms with Crippen LogP contribution in [-0.2, 0) is 11.3 Å². The van der Waals surface area contributed by atoms with E-state index in [4.69, 9.17) is 4.74 Å². The van der Waals surface area contributed by atoms with Crippen LogP contribution in [0.25, 0.3) is 21.3 Å². The van der Waals surface area contributed by atoms with E-state index in [9.17, 15) is 9.59 Å². The van der Waals surface area contributed by atoms with Gasteiger partial charge in [-0.2, -0.15) is 0 Å². The van der Waals surface area contributed by atoms with Crippen LogP contribution in [0.15, 0.2) is 65.0 Å². The zero-order chi connectivity index (χ0) is 23.4. The van der Waals surface area contributed by atoms with Crippen molar-refractivity contribution in [2.24, 2.45) is 0 Å². The number of nitrogens with one attached hydrogen (secondary N) is 1. The maximum absolute atomic E-state index is 13.2. The van der Waals surface area contributed by atoms with Gasteiger partial charge in [0.2, 0.25) is 5.91 Å². The van der Waals surface area contributed by atoms with Crippen LogP contribution in [0, 0.1) is 6.92 Å². The molecular formula is C26H27N3O3S. The van der Waals surface area contributed by atoms with Gasteiger partial charge in [-0.15, -0.1) is 11.3 Å². The molecule has 2 aromatic carbocycles. The van der Waals surface area contributed by atoms with Gasteiger partial charge in [-0.25, -0.2) is 4.98 Å². The average Bonchev–Trinajstić information content (AvgIpc) is 3.28. The van der Waals surface area contributed by atoms with E-state index in [0.29, 0.717) is 10.2 Å². The fourth-order valence-corrected chi connectivity index (χ4v) is 4.72. The smallest absolute Gasteiger partial charge is 0.262 e. The molecule has 1 unspecified atom stereocenters. The van der Waals surface area contributed by atoms with Crippen LogP contribution in [0.4, 0.5) is 0 Å². The lowest BCUT2D eigenvalue weighted by atomic mass is 10.0. The van der Waals surface area contributed by atoms with Gasteiger partial charge in [-0.3, -0.25) is 14.2 Å². The molecule has 0 aliphatic rings. The lowest BCUT2D eigenvalue weighted by Gasteiger charge is -2.18. The molecule has 0 aliphatic heterocycles. The van der Waals surface area contributed by atoms with Crippen molar-refractivity contribution in [3.8, 4) is 16.9 Å². The van der Waals surface area contributed by atoms with E-state index in [-0.39, 0.29) is 30.5 Å². The van der Waals surface area contributed by atoms with E-state index in [1.54, 1.807) is 7.11 Å². The highest BCUT2D eigenvalue weighted by molar-refractivity contribution is 7.17. The van der Waals surface area contributed by atoms with Gasteiger partial charge in [-0.1, -0.05) is 48.9 Å². The lowest BCUT2D eigenvalue weighted by Crippen LogP contribution is -2.30. The summed E-state index contributed by atoms with van der Waals surface area (Å²) >= 11 is 1.46. The Bertz CT molecular complexity index is 1310. The Hall–Kier alpha value is -3.45. The second-order valence-corrected chi connectivity index (χ2v) is 8.85. The summed E-state index contributed by atoms with van der Waals surface area (Å²) in [7, 11) is 1.63. The molecule has 4 rings (SSSR count). The van der Waals surface area contributed by atoms with E-state index in [2.05, 4.69) is 10.3 Å². The van der Waals surface area contributed by atoms with Crippen LogP contribution in [-0.4, -0.2) is 22.6 Å². The Morgan fingerprint density at radius 1 is 1.15 bits per heavy atom. The van der Waals surface area contributed by atoms with E-state index in [1.807, 2.05) is 67.8 Å². The molecule has 1 N–H and O–H groups in total. The number of methoxy groups -OCH3 is 1. The number of rotatable bonds is 8. The number of amides is 1. The minimum absolute atomic E-state index is 0.0919. The van der Waals surface area contributed by atoms with Crippen molar-refractivity contribution in [3.05, 3.63) is 81.7 Å². The topological polar surface area (TPSA) is 73.2 Å². The molecule has 0 saturated heterocycles. The van der Waals surface area contributed by atoms with E-state index >= 15 is 0 Å². The monoisotopic (exact) mass is 461 g/mol. The number of aryl methyl sites for hydroxylation is 2. The maximum Gasteiger partial charge on any atom is 0.262 e. The Morgan fingerprint density at radius 2 is 1.88 bits per heavy atom. The summed E-state index contributed by atoms with van der Waals surface area (Å²) in [5.74, 6) is 0.675. The molecule has 33 heavy (non-hydrogen) atoms. The normalized spacial score (nSPS) is 12.0. The summed E-state index contributed by atoms with van der Waals surface area (Å²) in [6, 6.07) is 15.7. The highest BCUT2D eigenvalue weighted by Gasteiger charge is 2.16. The van der Waals surface area contributed by atoms with Crippen molar-refractivity contribution in [1.82, 2.24) is 14.9 Å². The minimum Gasteiger partial charge on any atom is -0.497 e. The Labute approximate surface area is 196 Å². The Kier molecular flexibility index (Phi) is 6.89. The van der Waals surface area contributed by atoms with Crippen LogP contribution in [0.1, 0.15) is 36.9 Å². The molecule has 0 fully saturated rings. The van der Waals surface area contributed by atoms with Crippen molar-refractivity contribution in [1.29, 1.82) is 0 Å². The lowest BCUT2D eigenvalue weighted by molar-refractivity contribution is -0.122. The molecule has 7 heteroatoms. The molecule has 2 heterocycles. The van der Waals surface area contributed by atoms with Crippen LogP contribution in [0.2, 0.25) is 0 Å². The summed E-state index contributed by atoms with van der Waals surface area (Å²) in [5, 5.41) is 5.65. The second-order valence-electron chi connectivity index (χ2n) is 7.99. The molecule has 0 bridgehead atoms. The van der Waals surface area contributed by atoms with E-state index in [1.165, 1.54) is 27.8 Å². The third-order valence-corrected chi connectivity index (χ3v) is 6.65. The number of hydrogen-bond acceptors (Lipinski definition) is 5. The summed E-state index contributed by atoms with van der Waals surface area (Å²) < 4.78 is 6.73. The van der Waals surface area contributed by atoms with Crippen LogP contribution < -0.4 is 15.6 Å². The number of hydrogen-bond donors (Lipinski definition) is 1. The fraction of sp³-hybridized carbons (Fsp3) is 0.269.